The fraction of sp³-hybridized carbons (Fsp3) is 0.467. The topological polar surface area (TPSA) is 78.9 Å². The first kappa shape index (κ1) is 17.1. The molecular formula is C15H22N2O4. The molecule has 0 saturated heterocycles. The highest BCUT2D eigenvalue weighted by atomic mass is 16.5. The Balaban J connectivity index is 2.32. The first-order valence-electron chi connectivity index (χ1n) is 6.78. The minimum absolute atomic E-state index is 0.0197. The van der Waals surface area contributed by atoms with Crippen LogP contribution in [0.4, 0.5) is 0 Å². The molecule has 0 bridgehead atoms. The van der Waals surface area contributed by atoms with E-state index in [2.05, 4.69) is 5.32 Å². The highest BCUT2D eigenvalue weighted by Crippen LogP contribution is 2.02. The van der Waals surface area contributed by atoms with Crippen LogP contribution in [0.25, 0.3) is 0 Å². The molecule has 0 aliphatic carbocycles. The van der Waals surface area contributed by atoms with Gasteiger partial charge in [-0.15, -0.1) is 0 Å². The van der Waals surface area contributed by atoms with Crippen molar-refractivity contribution in [3.05, 3.63) is 35.9 Å². The highest BCUT2D eigenvalue weighted by Gasteiger charge is 2.14. The summed E-state index contributed by atoms with van der Waals surface area (Å²) < 4.78 is 4.79. The van der Waals surface area contributed by atoms with Gasteiger partial charge in [0.05, 0.1) is 19.3 Å². The number of amides is 2. The molecule has 1 aromatic rings. The molecule has 2 N–H and O–H groups in total. The van der Waals surface area contributed by atoms with Crippen molar-refractivity contribution in [1.82, 2.24) is 10.2 Å². The molecule has 1 atom stereocenters. The average molecular weight is 294 g/mol. The molecule has 0 radical (unpaired) electrons. The van der Waals surface area contributed by atoms with Crippen LogP contribution in [0.1, 0.15) is 16.8 Å². The number of nitrogens with one attached hydrogen (secondary N) is 1. The molecule has 6 nitrogen and oxygen atoms in total. The summed E-state index contributed by atoms with van der Waals surface area (Å²) in [4.78, 5) is 25.1. The van der Waals surface area contributed by atoms with Crippen molar-refractivity contribution in [2.75, 3.05) is 33.9 Å². The largest absolute Gasteiger partial charge is 0.391 e. The molecule has 6 heteroatoms. The van der Waals surface area contributed by atoms with Gasteiger partial charge in [0.25, 0.3) is 5.91 Å². The Bertz CT molecular complexity index is 450. The average Bonchev–Trinajstić information content (AvgIpc) is 2.47. The molecule has 0 aromatic heterocycles. The van der Waals surface area contributed by atoms with E-state index in [4.69, 9.17) is 4.74 Å². The maximum Gasteiger partial charge on any atom is 0.254 e. The first-order chi connectivity index (χ1) is 10.0. The zero-order valence-electron chi connectivity index (χ0n) is 12.4. The van der Waals surface area contributed by atoms with Crippen molar-refractivity contribution in [2.24, 2.45) is 0 Å². The Morgan fingerprint density at radius 2 is 2.00 bits per heavy atom. The van der Waals surface area contributed by atoms with Gasteiger partial charge in [-0.3, -0.25) is 9.59 Å². The van der Waals surface area contributed by atoms with Gasteiger partial charge < -0.3 is 20.1 Å². The molecule has 0 aliphatic rings. The number of aliphatic hydroxyl groups is 1. The predicted molar refractivity (Wildman–Crippen MR) is 78.9 cm³/mol. The van der Waals surface area contributed by atoms with E-state index in [1.165, 1.54) is 12.0 Å². The number of ether oxygens (including phenoxy) is 1. The van der Waals surface area contributed by atoms with Gasteiger partial charge in [0, 0.05) is 26.3 Å². The van der Waals surface area contributed by atoms with E-state index >= 15 is 0 Å². The van der Waals surface area contributed by atoms with Crippen LogP contribution in [0.15, 0.2) is 30.3 Å². The fourth-order valence-electron chi connectivity index (χ4n) is 1.80. The second kappa shape index (κ2) is 9.10. The third-order valence-corrected chi connectivity index (χ3v) is 2.91. The van der Waals surface area contributed by atoms with Gasteiger partial charge in [-0.1, -0.05) is 18.2 Å². The number of rotatable bonds is 8. The van der Waals surface area contributed by atoms with E-state index in [0.717, 1.165) is 0 Å². The molecule has 2 amide bonds. The summed E-state index contributed by atoms with van der Waals surface area (Å²) in [6.07, 6.45) is -0.186. The predicted octanol–water partition coefficient (Wildman–Crippen LogP) is 0.272. The molecule has 21 heavy (non-hydrogen) atoms. The summed E-state index contributed by atoms with van der Waals surface area (Å²) in [7, 11) is 3.08. The third kappa shape index (κ3) is 6.37. The molecule has 116 valence electrons. The van der Waals surface area contributed by atoms with E-state index in [0.29, 0.717) is 18.5 Å². The molecule has 1 aromatic carbocycles. The number of carbonyl (C=O) groups is 2. The number of nitrogens with zero attached hydrogens (tertiary/aromatic N) is 1. The van der Waals surface area contributed by atoms with Gasteiger partial charge in [0.2, 0.25) is 5.91 Å². The summed E-state index contributed by atoms with van der Waals surface area (Å²) in [5, 5.41) is 12.1. The van der Waals surface area contributed by atoms with Crippen LogP contribution >= 0.6 is 0 Å². The number of aliphatic hydroxyl groups excluding tert-OH is 1. The Morgan fingerprint density at radius 1 is 1.33 bits per heavy atom. The quantitative estimate of drug-likeness (QED) is 0.721. The van der Waals surface area contributed by atoms with Crippen molar-refractivity contribution in [1.29, 1.82) is 0 Å². The van der Waals surface area contributed by atoms with Crippen molar-refractivity contribution < 1.29 is 19.4 Å². The Hall–Kier alpha value is -1.92. The van der Waals surface area contributed by atoms with Crippen LogP contribution < -0.4 is 5.32 Å². The van der Waals surface area contributed by atoms with E-state index in [1.54, 1.807) is 31.3 Å². The number of hydrogen-bond acceptors (Lipinski definition) is 4. The standard InChI is InChI=1S/C15H22N2O4/c1-17(15(20)12-6-4-3-5-7-12)10-14(19)16-9-8-13(18)11-21-2/h3-7,13,18H,8-11H2,1-2H3,(H,16,19). The van der Waals surface area contributed by atoms with Crippen LogP contribution in [0.2, 0.25) is 0 Å². The second-order valence-corrected chi connectivity index (χ2v) is 4.78. The Morgan fingerprint density at radius 3 is 2.62 bits per heavy atom. The summed E-state index contributed by atoms with van der Waals surface area (Å²) >= 11 is 0. The van der Waals surface area contributed by atoms with Gasteiger partial charge in [0.15, 0.2) is 0 Å². The molecular weight excluding hydrogens is 272 g/mol. The van der Waals surface area contributed by atoms with Gasteiger partial charge in [0.1, 0.15) is 0 Å². The van der Waals surface area contributed by atoms with Crippen LogP contribution in [-0.4, -0.2) is 61.8 Å². The third-order valence-electron chi connectivity index (χ3n) is 2.91. The molecule has 0 aliphatic heterocycles. The zero-order chi connectivity index (χ0) is 15.7. The van der Waals surface area contributed by atoms with Crippen LogP contribution in [0.3, 0.4) is 0 Å². The second-order valence-electron chi connectivity index (χ2n) is 4.78. The molecule has 1 rings (SSSR count). The summed E-state index contributed by atoms with van der Waals surface area (Å²) in [5.41, 5.74) is 0.545. The van der Waals surface area contributed by atoms with Gasteiger partial charge >= 0.3 is 0 Å². The smallest absolute Gasteiger partial charge is 0.254 e. The minimum Gasteiger partial charge on any atom is -0.391 e. The number of carbonyl (C=O) groups excluding carboxylic acids is 2. The van der Waals surface area contributed by atoms with E-state index < -0.39 is 6.10 Å². The normalized spacial score (nSPS) is 11.8. The van der Waals surface area contributed by atoms with Gasteiger partial charge in [-0.2, -0.15) is 0 Å². The minimum atomic E-state index is -0.598. The van der Waals surface area contributed by atoms with Gasteiger partial charge in [-0.05, 0) is 18.6 Å². The maximum absolute atomic E-state index is 12.0. The van der Waals surface area contributed by atoms with Crippen LogP contribution in [0.5, 0.6) is 0 Å². The van der Waals surface area contributed by atoms with Crippen molar-refractivity contribution in [3.63, 3.8) is 0 Å². The number of likely N-dealkylation sites (N-methyl/N-ethyl adjacent to an activating group) is 1. The lowest BCUT2D eigenvalue weighted by Crippen LogP contribution is -2.39. The van der Waals surface area contributed by atoms with E-state index in [1.807, 2.05) is 6.07 Å². The number of hydrogen-bond donors (Lipinski definition) is 2. The molecule has 0 fully saturated rings. The summed E-state index contributed by atoms with van der Waals surface area (Å²) in [6, 6.07) is 8.79. The fourth-order valence-corrected chi connectivity index (χ4v) is 1.80. The lowest BCUT2D eigenvalue weighted by molar-refractivity contribution is -0.121. The molecule has 0 heterocycles. The molecule has 1 unspecified atom stereocenters. The van der Waals surface area contributed by atoms with E-state index in [9.17, 15) is 14.7 Å². The van der Waals surface area contributed by atoms with Crippen LogP contribution in [0, 0.1) is 0 Å². The lowest BCUT2D eigenvalue weighted by atomic mass is 10.2. The van der Waals surface area contributed by atoms with E-state index in [-0.39, 0.29) is 25.0 Å². The SMILES string of the molecule is COCC(O)CCNC(=O)CN(C)C(=O)c1ccccc1. The molecule has 0 saturated carbocycles. The summed E-state index contributed by atoms with van der Waals surface area (Å²) in [5.74, 6) is -0.462. The highest BCUT2D eigenvalue weighted by molar-refractivity contribution is 5.96. The lowest BCUT2D eigenvalue weighted by Gasteiger charge is -2.17. The summed E-state index contributed by atoms with van der Waals surface area (Å²) in [6.45, 7) is 0.563. The first-order valence-corrected chi connectivity index (χ1v) is 6.78. The monoisotopic (exact) mass is 294 g/mol. The van der Waals surface area contributed by atoms with Crippen LogP contribution in [-0.2, 0) is 9.53 Å². The van der Waals surface area contributed by atoms with Crippen molar-refractivity contribution in [3.8, 4) is 0 Å². The van der Waals surface area contributed by atoms with Crippen molar-refractivity contribution >= 4 is 11.8 Å². The maximum atomic E-state index is 12.0. The zero-order valence-corrected chi connectivity index (χ0v) is 12.4. The Kier molecular flexibility index (Phi) is 7.42. The van der Waals surface area contributed by atoms with Crippen molar-refractivity contribution in [2.45, 2.75) is 12.5 Å². The number of benzene rings is 1. The molecule has 0 spiro atoms. The number of methoxy groups -OCH3 is 1. The Labute approximate surface area is 124 Å². The van der Waals surface area contributed by atoms with Gasteiger partial charge in [-0.25, -0.2) is 0 Å².